The molecule has 0 unspecified atom stereocenters. The molecule has 0 spiro atoms. The molecule has 0 atom stereocenters. The van der Waals surface area contributed by atoms with Crippen molar-refractivity contribution in [2.24, 2.45) is 0 Å². The SMILES string of the molecule is N#CC=C(c1ccccc1)c1ccc(CBr)cc1. The number of nitriles is 1. The second-order valence-electron chi connectivity index (χ2n) is 3.88. The summed E-state index contributed by atoms with van der Waals surface area (Å²) in [6.45, 7) is 0. The van der Waals surface area contributed by atoms with E-state index in [1.54, 1.807) is 6.08 Å². The Hall–Kier alpha value is -1.85. The minimum Gasteiger partial charge on any atom is -0.193 e. The van der Waals surface area contributed by atoms with E-state index in [4.69, 9.17) is 5.26 Å². The molecule has 0 N–H and O–H groups in total. The first-order chi connectivity index (χ1) is 8.85. The molecule has 2 heteroatoms. The van der Waals surface area contributed by atoms with Gasteiger partial charge in [-0.05, 0) is 22.3 Å². The number of nitrogens with zero attached hydrogens (tertiary/aromatic N) is 1. The fourth-order valence-electron chi connectivity index (χ4n) is 1.79. The van der Waals surface area contributed by atoms with E-state index >= 15 is 0 Å². The van der Waals surface area contributed by atoms with E-state index in [0.717, 1.165) is 22.0 Å². The maximum Gasteiger partial charge on any atom is 0.0918 e. The van der Waals surface area contributed by atoms with Gasteiger partial charge in [0.2, 0.25) is 0 Å². The van der Waals surface area contributed by atoms with Crippen molar-refractivity contribution in [1.29, 1.82) is 5.26 Å². The van der Waals surface area contributed by atoms with Gasteiger partial charge in [0.15, 0.2) is 0 Å². The molecular formula is C16H12BrN. The number of hydrogen-bond acceptors (Lipinski definition) is 1. The summed E-state index contributed by atoms with van der Waals surface area (Å²) in [5.74, 6) is 0. The van der Waals surface area contributed by atoms with E-state index in [1.807, 2.05) is 42.5 Å². The summed E-state index contributed by atoms with van der Waals surface area (Å²) in [5.41, 5.74) is 4.31. The molecule has 18 heavy (non-hydrogen) atoms. The van der Waals surface area contributed by atoms with Crippen LogP contribution in [0.5, 0.6) is 0 Å². The van der Waals surface area contributed by atoms with Gasteiger partial charge in [-0.25, -0.2) is 0 Å². The summed E-state index contributed by atoms with van der Waals surface area (Å²) >= 11 is 3.43. The van der Waals surface area contributed by atoms with Crippen LogP contribution in [-0.2, 0) is 5.33 Å². The van der Waals surface area contributed by atoms with Crippen LogP contribution in [0.1, 0.15) is 16.7 Å². The third kappa shape index (κ3) is 2.88. The van der Waals surface area contributed by atoms with Crippen LogP contribution in [0, 0.1) is 11.3 Å². The summed E-state index contributed by atoms with van der Waals surface area (Å²) in [6, 6.07) is 20.3. The molecule has 0 aliphatic carbocycles. The van der Waals surface area contributed by atoms with Crippen LogP contribution in [0.25, 0.3) is 5.57 Å². The Bertz CT molecular complexity index is 577. The Kier molecular flexibility index (Phi) is 4.33. The van der Waals surface area contributed by atoms with Gasteiger partial charge < -0.3 is 0 Å². The Morgan fingerprint density at radius 2 is 1.61 bits per heavy atom. The van der Waals surface area contributed by atoms with Gasteiger partial charge in [-0.3, -0.25) is 0 Å². The van der Waals surface area contributed by atoms with Gasteiger partial charge >= 0.3 is 0 Å². The summed E-state index contributed by atoms with van der Waals surface area (Å²) in [7, 11) is 0. The molecule has 0 radical (unpaired) electrons. The van der Waals surface area contributed by atoms with Crippen LogP contribution in [0.4, 0.5) is 0 Å². The number of allylic oxidation sites excluding steroid dienone is 1. The number of alkyl halides is 1. The standard InChI is InChI=1S/C16H12BrN/c17-12-13-6-8-15(9-7-13)16(10-11-18)14-4-2-1-3-5-14/h1-10H,12H2. The highest BCUT2D eigenvalue weighted by molar-refractivity contribution is 9.08. The van der Waals surface area contributed by atoms with Crippen molar-refractivity contribution in [3.8, 4) is 6.07 Å². The topological polar surface area (TPSA) is 23.8 Å². The lowest BCUT2D eigenvalue weighted by atomic mass is 9.97. The quantitative estimate of drug-likeness (QED) is 0.603. The molecule has 0 aliphatic rings. The Balaban J connectivity index is 2.43. The van der Waals surface area contributed by atoms with Crippen LogP contribution in [0.3, 0.4) is 0 Å². The minimum atomic E-state index is 0.843. The fourth-order valence-corrected chi connectivity index (χ4v) is 2.16. The highest BCUT2D eigenvalue weighted by Crippen LogP contribution is 2.23. The first kappa shape index (κ1) is 12.6. The highest BCUT2D eigenvalue weighted by Gasteiger charge is 2.04. The van der Waals surface area contributed by atoms with E-state index in [-0.39, 0.29) is 0 Å². The number of rotatable bonds is 3. The van der Waals surface area contributed by atoms with Crippen LogP contribution in [0.15, 0.2) is 60.7 Å². The summed E-state index contributed by atoms with van der Waals surface area (Å²) in [5, 5.41) is 9.77. The van der Waals surface area contributed by atoms with Crippen LogP contribution in [-0.4, -0.2) is 0 Å². The average Bonchev–Trinajstić information content (AvgIpc) is 2.46. The first-order valence-corrected chi connectivity index (χ1v) is 6.78. The fraction of sp³-hybridized carbons (Fsp3) is 0.0625. The summed E-state index contributed by atoms with van der Waals surface area (Å²) < 4.78 is 0. The number of hydrogen-bond donors (Lipinski definition) is 0. The van der Waals surface area contributed by atoms with Crippen molar-refractivity contribution in [1.82, 2.24) is 0 Å². The van der Waals surface area contributed by atoms with Crippen molar-refractivity contribution in [3.05, 3.63) is 77.4 Å². The molecule has 2 aromatic rings. The molecule has 2 rings (SSSR count). The Morgan fingerprint density at radius 1 is 1.00 bits per heavy atom. The molecule has 88 valence electrons. The average molecular weight is 298 g/mol. The largest absolute Gasteiger partial charge is 0.193 e. The summed E-state index contributed by atoms with van der Waals surface area (Å²) in [4.78, 5) is 0. The van der Waals surface area contributed by atoms with Crippen molar-refractivity contribution in [3.63, 3.8) is 0 Å². The van der Waals surface area contributed by atoms with Gasteiger partial charge in [0.25, 0.3) is 0 Å². The summed E-state index contributed by atoms with van der Waals surface area (Å²) in [6.07, 6.45) is 1.60. The molecule has 0 fully saturated rings. The monoisotopic (exact) mass is 297 g/mol. The van der Waals surface area contributed by atoms with Gasteiger partial charge in [0, 0.05) is 11.4 Å². The minimum absolute atomic E-state index is 0.843. The van der Waals surface area contributed by atoms with E-state index in [0.29, 0.717) is 0 Å². The molecule has 0 saturated heterocycles. The van der Waals surface area contributed by atoms with E-state index in [9.17, 15) is 0 Å². The van der Waals surface area contributed by atoms with E-state index in [2.05, 4.69) is 34.1 Å². The Morgan fingerprint density at radius 3 is 2.17 bits per heavy atom. The van der Waals surface area contributed by atoms with Gasteiger partial charge in [0.1, 0.15) is 0 Å². The normalized spacial score (nSPS) is 11.0. The second kappa shape index (κ2) is 6.18. The predicted molar refractivity (Wildman–Crippen MR) is 78.2 cm³/mol. The Labute approximate surface area is 116 Å². The van der Waals surface area contributed by atoms with Gasteiger partial charge in [-0.2, -0.15) is 5.26 Å². The van der Waals surface area contributed by atoms with Crippen molar-refractivity contribution in [2.45, 2.75) is 5.33 Å². The molecule has 0 saturated carbocycles. The molecule has 0 amide bonds. The molecule has 0 bridgehead atoms. The van der Waals surface area contributed by atoms with Crippen LogP contribution < -0.4 is 0 Å². The maximum absolute atomic E-state index is 8.93. The van der Waals surface area contributed by atoms with Gasteiger partial charge in [-0.1, -0.05) is 70.5 Å². The predicted octanol–water partition coefficient (Wildman–Crippen LogP) is 4.54. The maximum atomic E-state index is 8.93. The molecule has 0 aliphatic heterocycles. The van der Waals surface area contributed by atoms with Gasteiger partial charge in [0.05, 0.1) is 6.07 Å². The van der Waals surface area contributed by atoms with Crippen molar-refractivity contribution < 1.29 is 0 Å². The zero-order valence-corrected chi connectivity index (χ0v) is 11.4. The number of halogens is 1. The zero-order chi connectivity index (χ0) is 12.8. The third-order valence-electron chi connectivity index (χ3n) is 2.71. The highest BCUT2D eigenvalue weighted by atomic mass is 79.9. The van der Waals surface area contributed by atoms with Crippen molar-refractivity contribution in [2.75, 3.05) is 0 Å². The van der Waals surface area contributed by atoms with Gasteiger partial charge in [-0.15, -0.1) is 0 Å². The lowest BCUT2D eigenvalue weighted by Gasteiger charge is -2.07. The molecular weight excluding hydrogens is 286 g/mol. The lowest BCUT2D eigenvalue weighted by molar-refractivity contribution is 1.42. The van der Waals surface area contributed by atoms with Crippen molar-refractivity contribution >= 4 is 21.5 Å². The number of benzene rings is 2. The zero-order valence-electron chi connectivity index (χ0n) is 9.81. The molecule has 1 nitrogen and oxygen atoms in total. The smallest absolute Gasteiger partial charge is 0.0918 e. The molecule has 2 aromatic carbocycles. The second-order valence-corrected chi connectivity index (χ2v) is 4.44. The lowest BCUT2D eigenvalue weighted by Crippen LogP contribution is -1.88. The molecule has 0 heterocycles. The first-order valence-electron chi connectivity index (χ1n) is 5.65. The van der Waals surface area contributed by atoms with E-state index < -0.39 is 0 Å². The van der Waals surface area contributed by atoms with E-state index in [1.165, 1.54) is 5.56 Å². The third-order valence-corrected chi connectivity index (χ3v) is 3.36. The van der Waals surface area contributed by atoms with Crippen LogP contribution >= 0.6 is 15.9 Å². The van der Waals surface area contributed by atoms with Crippen LogP contribution in [0.2, 0.25) is 0 Å². The molecule has 0 aromatic heterocycles.